The number of carbonyl (C=O) groups is 1. The van der Waals surface area contributed by atoms with Crippen LogP contribution < -0.4 is 0 Å². The first-order valence-corrected chi connectivity index (χ1v) is 5.81. The first-order valence-electron chi connectivity index (χ1n) is 3.88. The van der Waals surface area contributed by atoms with Crippen molar-refractivity contribution in [1.29, 1.82) is 0 Å². The number of aryl methyl sites for hydroxylation is 1. The standard InChI is InChI=1S/C9H9NO2S/c1-6-4-3-5-7-8(6)9(11)10-13(7,2)12/h3-5H,1-2H3. The van der Waals surface area contributed by atoms with E-state index in [9.17, 15) is 9.00 Å². The zero-order valence-electron chi connectivity index (χ0n) is 7.40. The van der Waals surface area contributed by atoms with Gasteiger partial charge in [-0.15, -0.1) is 0 Å². The van der Waals surface area contributed by atoms with Gasteiger partial charge in [0, 0.05) is 6.26 Å². The van der Waals surface area contributed by atoms with Gasteiger partial charge in [-0.2, -0.15) is 4.36 Å². The van der Waals surface area contributed by atoms with E-state index in [0.717, 1.165) is 5.56 Å². The molecule has 1 aliphatic rings. The summed E-state index contributed by atoms with van der Waals surface area (Å²) in [6.45, 7) is 1.83. The summed E-state index contributed by atoms with van der Waals surface area (Å²) >= 11 is 0. The minimum absolute atomic E-state index is 0.347. The minimum atomic E-state index is -2.45. The van der Waals surface area contributed by atoms with Gasteiger partial charge in [0.2, 0.25) is 0 Å². The fourth-order valence-corrected chi connectivity index (χ4v) is 2.95. The molecule has 0 N–H and O–H groups in total. The van der Waals surface area contributed by atoms with Gasteiger partial charge < -0.3 is 0 Å². The fourth-order valence-electron chi connectivity index (χ4n) is 1.48. The van der Waals surface area contributed by atoms with E-state index in [1.807, 2.05) is 13.0 Å². The molecule has 1 aromatic carbocycles. The molecule has 0 saturated heterocycles. The van der Waals surface area contributed by atoms with Crippen LogP contribution in [0.25, 0.3) is 0 Å². The number of nitrogens with zero attached hydrogens (tertiary/aromatic N) is 1. The Hall–Kier alpha value is -1.16. The zero-order valence-corrected chi connectivity index (χ0v) is 8.22. The number of hydrogen-bond donors (Lipinski definition) is 0. The maximum absolute atomic E-state index is 11.8. The van der Waals surface area contributed by atoms with Crippen molar-refractivity contribution in [2.75, 3.05) is 6.26 Å². The number of benzene rings is 1. The largest absolute Gasteiger partial charge is 0.286 e. The molecule has 3 nitrogen and oxygen atoms in total. The quantitative estimate of drug-likeness (QED) is 0.631. The lowest BCUT2D eigenvalue weighted by molar-refractivity contribution is 0.100. The average molecular weight is 195 g/mol. The molecule has 13 heavy (non-hydrogen) atoms. The van der Waals surface area contributed by atoms with Crippen LogP contribution in [0.2, 0.25) is 0 Å². The number of carbonyl (C=O) groups excluding carboxylic acids is 1. The van der Waals surface area contributed by atoms with Gasteiger partial charge in [-0.05, 0) is 18.6 Å². The Balaban J connectivity index is 2.90. The molecule has 1 atom stereocenters. The Morgan fingerprint density at radius 3 is 2.69 bits per heavy atom. The van der Waals surface area contributed by atoms with Gasteiger partial charge in [0.1, 0.15) is 0 Å². The van der Waals surface area contributed by atoms with E-state index in [-0.39, 0.29) is 5.91 Å². The summed E-state index contributed by atoms with van der Waals surface area (Å²) in [5, 5.41) is 0. The molecule has 0 fully saturated rings. The normalized spacial score (nSPS) is 25.5. The molecule has 1 aromatic rings. The van der Waals surface area contributed by atoms with Crippen LogP contribution in [-0.4, -0.2) is 16.4 Å². The maximum Gasteiger partial charge on any atom is 0.286 e. The van der Waals surface area contributed by atoms with Gasteiger partial charge in [-0.25, -0.2) is 4.21 Å². The van der Waals surface area contributed by atoms with Gasteiger partial charge in [0.25, 0.3) is 5.91 Å². The van der Waals surface area contributed by atoms with E-state index in [0.29, 0.717) is 10.5 Å². The monoisotopic (exact) mass is 195 g/mol. The van der Waals surface area contributed by atoms with Gasteiger partial charge in [0.05, 0.1) is 20.2 Å². The summed E-state index contributed by atoms with van der Waals surface area (Å²) in [5.41, 5.74) is 1.37. The third-order valence-electron chi connectivity index (χ3n) is 2.11. The summed E-state index contributed by atoms with van der Waals surface area (Å²) < 4.78 is 15.4. The van der Waals surface area contributed by atoms with Crippen LogP contribution in [0.4, 0.5) is 0 Å². The highest BCUT2D eigenvalue weighted by Gasteiger charge is 2.26. The number of fused-ring (bicyclic) bond motifs is 1. The third-order valence-corrected chi connectivity index (χ3v) is 3.78. The summed E-state index contributed by atoms with van der Waals surface area (Å²) in [6.07, 6.45) is 1.50. The Morgan fingerprint density at radius 1 is 1.38 bits per heavy atom. The van der Waals surface area contributed by atoms with Crippen molar-refractivity contribution in [3.8, 4) is 0 Å². The molecule has 1 amide bonds. The van der Waals surface area contributed by atoms with Crippen LogP contribution in [0.5, 0.6) is 0 Å². The molecule has 4 heteroatoms. The minimum Gasteiger partial charge on any atom is -0.266 e. The van der Waals surface area contributed by atoms with Crippen LogP contribution in [0, 0.1) is 6.92 Å². The predicted octanol–water partition coefficient (Wildman–Crippen LogP) is 1.61. The van der Waals surface area contributed by atoms with E-state index in [4.69, 9.17) is 0 Å². The van der Waals surface area contributed by atoms with Crippen LogP contribution in [0.15, 0.2) is 27.5 Å². The lowest BCUT2D eigenvalue weighted by atomic mass is 10.1. The Kier molecular flexibility index (Phi) is 1.57. The van der Waals surface area contributed by atoms with Crippen LogP contribution >= 0.6 is 0 Å². The van der Waals surface area contributed by atoms with E-state index in [2.05, 4.69) is 4.36 Å². The van der Waals surface area contributed by atoms with Crippen LogP contribution in [0.3, 0.4) is 0 Å². The topological polar surface area (TPSA) is 46.5 Å². The van der Waals surface area contributed by atoms with Gasteiger partial charge in [0.15, 0.2) is 0 Å². The molecule has 1 heterocycles. The van der Waals surface area contributed by atoms with Crippen molar-refractivity contribution in [3.05, 3.63) is 29.3 Å². The van der Waals surface area contributed by atoms with Crippen LogP contribution in [0.1, 0.15) is 15.9 Å². The lowest BCUT2D eigenvalue weighted by Gasteiger charge is -2.00. The molecule has 1 unspecified atom stereocenters. The Morgan fingerprint density at radius 2 is 2.08 bits per heavy atom. The summed E-state index contributed by atoms with van der Waals surface area (Å²) in [4.78, 5) is 11.9. The summed E-state index contributed by atoms with van der Waals surface area (Å²) in [5.74, 6) is -0.347. The predicted molar refractivity (Wildman–Crippen MR) is 50.3 cm³/mol. The van der Waals surface area contributed by atoms with Crippen molar-refractivity contribution in [1.82, 2.24) is 0 Å². The molecule has 0 aromatic heterocycles. The first-order chi connectivity index (χ1) is 6.02. The zero-order chi connectivity index (χ0) is 9.64. The molecular weight excluding hydrogens is 186 g/mol. The highest BCUT2D eigenvalue weighted by molar-refractivity contribution is 7.93. The fraction of sp³-hybridized carbons (Fsp3) is 0.222. The number of hydrogen-bond acceptors (Lipinski definition) is 2. The van der Waals surface area contributed by atoms with Crippen LogP contribution in [-0.2, 0) is 9.73 Å². The molecule has 0 radical (unpaired) electrons. The van der Waals surface area contributed by atoms with Crippen molar-refractivity contribution in [2.24, 2.45) is 4.36 Å². The van der Waals surface area contributed by atoms with E-state index >= 15 is 0 Å². The summed E-state index contributed by atoms with van der Waals surface area (Å²) in [7, 11) is -2.45. The number of rotatable bonds is 0. The molecular formula is C9H9NO2S. The molecule has 0 bridgehead atoms. The second-order valence-electron chi connectivity index (χ2n) is 3.15. The Labute approximate surface area is 77.0 Å². The first kappa shape index (κ1) is 8.44. The van der Waals surface area contributed by atoms with Gasteiger partial charge in [-0.1, -0.05) is 12.1 Å². The van der Waals surface area contributed by atoms with E-state index in [1.165, 1.54) is 6.26 Å². The SMILES string of the molecule is Cc1cccc2c1C(=O)N=S2(C)=O. The second kappa shape index (κ2) is 2.42. The highest BCUT2D eigenvalue weighted by atomic mass is 32.2. The average Bonchev–Trinajstić information content (AvgIpc) is 2.24. The van der Waals surface area contributed by atoms with Crippen molar-refractivity contribution < 1.29 is 9.00 Å². The number of amides is 1. The smallest absolute Gasteiger partial charge is 0.266 e. The molecule has 0 spiro atoms. The molecule has 0 saturated carbocycles. The summed E-state index contributed by atoms with van der Waals surface area (Å²) in [6, 6.07) is 5.33. The Bertz CT molecular complexity index is 510. The molecule has 0 aliphatic carbocycles. The van der Waals surface area contributed by atoms with Gasteiger partial charge in [-0.3, -0.25) is 4.79 Å². The maximum atomic E-state index is 11.8. The third kappa shape index (κ3) is 1.09. The van der Waals surface area contributed by atoms with Gasteiger partial charge >= 0.3 is 0 Å². The highest BCUT2D eigenvalue weighted by Crippen LogP contribution is 2.27. The molecule has 2 rings (SSSR count). The van der Waals surface area contributed by atoms with Crippen molar-refractivity contribution in [2.45, 2.75) is 11.8 Å². The van der Waals surface area contributed by atoms with E-state index in [1.54, 1.807) is 12.1 Å². The molecule has 68 valence electrons. The lowest BCUT2D eigenvalue weighted by Crippen LogP contribution is -1.96. The molecule has 1 aliphatic heterocycles. The van der Waals surface area contributed by atoms with Crippen molar-refractivity contribution >= 4 is 15.6 Å². The van der Waals surface area contributed by atoms with Crippen molar-refractivity contribution in [3.63, 3.8) is 0 Å². The van der Waals surface area contributed by atoms with E-state index < -0.39 is 9.73 Å². The second-order valence-corrected chi connectivity index (χ2v) is 5.37.